The van der Waals surface area contributed by atoms with Crippen LogP contribution in [0.2, 0.25) is 5.15 Å². The third-order valence-electron chi connectivity index (χ3n) is 5.26. The summed E-state index contributed by atoms with van der Waals surface area (Å²) in [5.74, 6) is -1.59. The Kier molecular flexibility index (Phi) is 7.72. The van der Waals surface area contributed by atoms with E-state index in [0.717, 1.165) is 12.3 Å². The number of aromatic nitrogens is 1. The molecule has 200 valence electrons. The monoisotopic (exact) mass is 545 g/mol. The lowest BCUT2D eigenvalue weighted by molar-refractivity contribution is -0.384. The Morgan fingerprint density at radius 1 is 1.19 bits per heavy atom. The Labute approximate surface area is 213 Å². The summed E-state index contributed by atoms with van der Waals surface area (Å²) in [6.45, 7) is 5.60. The first kappa shape index (κ1) is 27.8. The molecule has 1 aliphatic rings. The van der Waals surface area contributed by atoms with Crippen LogP contribution in [0.25, 0.3) is 0 Å². The number of hydrogen-bond acceptors (Lipinski definition) is 8. The van der Waals surface area contributed by atoms with Crippen LogP contribution < -0.4 is 10.2 Å². The van der Waals surface area contributed by atoms with Gasteiger partial charge in [-0.1, -0.05) is 11.6 Å². The normalized spacial score (nSPS) is 14.4. The van der Waals surface area contributed by atoms with Gasteiger partial charge in [-0.15, -0.1) is 0 Å². The number of carbonyl (C=O) groups excluding carboxylic acids is 1. The number of nitrogens with one attached hydrogen (secondary N) is 1. The van der Waals surface area contributed by atoms with Crippen molar-refractivity contribution in [3.8, 4) is 0 Å². The van der Waals surface area contributed by atoms with Gasteiger partial charge in [-0.25, -0.2) is 14.6 Å². The molecular weight excluding hydrogens is 523 g/mol. The van der Waals surface area contributed by atoms with E-state index in [9.17, 15) is 38.0 Å². The van der Waals surface area contributed by atoms with Gasteiger partial charge in [0.15, 0.2) is 0 Å². The van der Waals surface area contributed by atoms with E-state index in [-0.39, 0.29) is 37.6 Å². The van der Waals surface area contributed by atoms with Crippen molar-refractivity contribution in [2.45, 2.75) is 32.5 Å². The molecule has 0 bridgehead atoms. The molecule has 2 aromatic rings. The van der Waals surface area contributed by atoms with Crippen LogP contribution >= 0.6 is 11.6 Å². The number of rotatable bonds is 5. The molecule has 1 aromatic heterocycles. The number of hydrogen-bond donors (Lipinski definition) is 2. The number of nitrogens with zero attached hydrogens (tertiary/aromatic N) is 4. The number of amides is 1. The van der Waals surface area contributed by atoms with E-state index < -0.39 is 56.4 Å². The van der Waals surface area contributed by atoms with Crippen molar-refractivity contribution in [3.05, 3.63) is 50.8 Å². The number of pyridine rings is 1. The van der Waals surface area contributed by atoms with Crippen molar-refractivity contribution in [1.82, 2.24) is 9.88 Å². The number of benzene rings is 1. The number of aromatic carboxylic acids is 1. The first-order valence-corrected chi connectivity index (χ1v) is 11.2. The molecule has 0 atom stereocenters. The number of alkyl halides is 3. The number of piperazine rings is 1. The van der Waals surface area contributed by atoms with Gasteiger partial charge >= 0.3 is 23.9 Å². The van der Waals surface area contributed by atoms with E-state index in [1.54, 1.807) is 20.8 Å². The van der Waals surface area contributed by atoms with Gasteiger partial charge < -0.3 is 25.0 Å². The molecule has 1 aromatic carbocycles. The van der Waals surface area contributed by atoms with Crippen molar-refractivity contribution in [2.24, 2.45) is 0 Å². The molecule has 2 N–H and O–H groups in total. The van der Waals surface area contributed by atoms with E-state index in [2.05, 4.69) is 10.3 Å². The van der Waals surface area contributed by atoms with Gasteiger partial charge in [0.2, 0.25) is 5.15 Å². The maximum Gasteiger partial charge on any atom is 0.418 e. The highest BCUT2D eigenvalue weighted by molar-refractivity contribution is 6.32. The summed E-state index contributed by atoms with van der Waals surface area (Å²) in [5.41, 5.74) is -4.33. The maximum absolute atomic E-state index is 14.0. The number of carboxylic acids is 1. The van der Waals surface area contributed by atoms with Gasteiger partial charge in [0, 0.05) is 43.8 Å². The summed E-state index contributed by atoms with van der Waals surface area (Å²) >= 11 is 5.76. The number of nitro groups is 1. The highest BCUT2D eigenvalue weighted by Crippen LogP contribution is 2.41. The van der Waals surface area contributed by atoms with Crippen molar-refractivity contribution < 1.29 is 37.5 Å². The molecule has 1 aliphatic heterocycles. The molecule has 0 aliphatic carbocycles. The summed E-state index contributed by atoms with van der Waals surface area (Å²) in [4.78, 5) is 40.7. The number of ether oxygens (including phenoxy) is 1. The second-order valence-electron chi connectivity index (χ2n) is 9.06. The van der Waals surface area contributed by atoms with Gasteiger partial charge in [-0.3, -0.25) is 10.1 Å². The molecule has 1 saturated heterocycles. The highest BCUT2D eigenvalue weighted by atomic mass is 35.5. The van der Waals surface area contributed by atoms with E-state index >= 15 is 0 Å². The minimum atomic E-state index is -4.81. The summed E-state index contributed by atoms with van der Waals surface area (Å²) in [7, 11) is 0. The number of halogens is 4. The number of carbonyl (C=O) groups is 2. The van der Waals surface area contributed by atoms with Crippen LogP contribution in [-0.4, -0.2) is 63.8 Å². The van der Waals surface area contributed by atoms with Gasteiger partial charge in [0.25, 0.3) is 0 Å². The average Bonchev–Trinajstić information content (AvgIpc) is 2.77. The Morgan fingerprint density at radius 3 is 2.32 bits per heavy atom. The lowest BCUT2D eigenvalue weighted by atomic mass is 10.1. The van der Waals surface area contributed by atoms with Crippen LogP contribution in [-0.2, 0) is 10.9 Å². The number of carboxylic acid groups (broad SMARTS) is 1. The second kappa shape index (κ2) is 10.3. The maximum atomic E-state index is 14.0. The Hall–Kier alpha value is -3.81. The molecule has 3 rings (SSSR count). The zero-order valence-electron chi connectivity index (χ0n) is 19.9. The zero-order chi connectivity index (χ0) is 27.7. The van der Waals surface area contributed by atoms with Crippen LogP contribution in [0.4, 0.5) is 40.7 Å². The van der Waals surface area contributed by atoms with E-state index in [1.807, 2.05) is 0 Å². The highest BCUT2D eigenvalue weighted by Gasteiger charge is 2.37. The topological polar surface area (TPSA) is 138 Å². The quantitative estimate of drug-likeness (QED) is 0.296. The molecule has 0 saturated carbocycles. The average molecular weight is 546 g/mol. The molecule has 1 fully saturated rings. The largest absolute Gasteiger partial charge is 0.478 e. The Morgan fingerprint density at radius 2 is 1.81 bits per heavy atom. The SMILES string of the molecule is CC(C)(C)OC(=O)N1CCN(c2ccc(Nc3c(C(=O)O)cnc(Cl)c3[N+](=O)[O-])cc2C(F)(F)F)CC1. The fourth-order valence-electron chi connectivity index (χ4n) is 3.65. The standard InChI is InChI=1S/C22H23ClF3N5O6/c1-21(2,3)37-20(34)30-8-6-29(7-9-30)15-5-4-12(10-14(15)22(24,25)26)28-16-13(19(32)33)11-27-18(23)17(16)31(35)36/h4-5,10-11H,6-9H2,1-3H3,(H,27,28)(H,32,33). The van der Waals surface area contributed by atoms with Gasteiger partial charge in [-0.05, 0) is 39.0 Å². The molecule has 0 unspecified atom stereocenters. The van der Waals surface area contributed by atoms with Crippen LogP contribution in [0.1, 0.15) is 36.7 Å². The fraction of sp³-hybridized carbons (Fsp3) is 0.409. The van der Waals surface area contributed by atoms with Gasteiger partial charge in [0.1, 0.15) is 16.9 Å². The second-order valence-corrected chi connectivity index (χ2v) is 9.42. The number of anilines is 3. The minimum Gasteiger partial charge on any atom is -0.478 e. The lowest BCUT2D eigenvalue weighted by Gasteiger charge is -2.37. The molecule has 37 heavy (non-hydrogen) atoms. The van der Waals surface area contributed by atoms with E-state index in [1.165, 1.54) is 21.9 Å². The smallest absolute Gasteiger partial charge is 0.418 e. The van der Waals surface area contributed by atoms with Gasteiger partial charge in [-0.2, -0.15) is 13.2 Å². The van der Waals surface area contributed by atoms with Crippen molar-refractivity contribution >= 4 is 46.4 Å². The molecule has 15 heteroatoms. The molecule has 2 heterocycles. The summed E-state index contributed by atoms with van der Waals surface area (Å²) in [6.07, 6.45) is -4.61. The first-order valence-electron chi connectivity index (χ1n) is 10.9. The van der Waals surface area contributed by atoms with Crippen LogP contribution in [0, 0.1) is 10.1 Å². The first-order chi connectivity index (χ1) is 17.1. The summed E-state index contributed by atoms with van der Waals surface area (Å²) < 4.78 is 47.4. The predicted octanol–water partition coefficient (Wildman–Crippen LogP) is 5.16. The fourth-order valence-corrected chi connectivity index (χ4v) is 3.86. The predicted molar refractivity (Wildman–Crippen MR) is 128 cm³/mol. The molecule has 0 spiro atoms. The molecule has 1 amide bonds. The third-order valence-corrected chi connectivity index (χ3v) is 5.54. The Bertz CT molecular complexity index is 1230. The van der Waals surface area contributed by atoms with Crippen LogP contribution in [0.5, 0.6) is 0 Å². The lowest BCUT2D eigenvalue weighted by Crippen LogP contribution is -2.50. The molecule has 0 radical (unpaired) electrons. The van der Waals surface area contributed by atoms with Crippen LogP contribution in [0.15, 0.2) is 24.4 Å². The van der Waals surface area contributed by atoms with Crippen molar-refractivity contribution in [3.63, 3.8) is 0 Å². The van der Waals surface area contributed by atoms with Crippen LogP contribution in [0.3, 0.4) is 0 Å². The van der Waals surface area contributed by atoms with E-state index in [0.29, 0.717) is 0 Å². The summed E-state index contributed by atoms with van der Waals surface area (Å²) in [5, 5.41) is 22.6. The summed E-state index contributed by atoms with van der Waals surface area (Å²) in [6, 6.07) is 3.12. The van der Waals surface area contributed by atoms with Gasteiger partial charge in [0.05, 0.1) is 10.5 Å². The van der Waals surface area contributed by atoms with Crippen molar-refractivity contribution in [1.29, 1.82) is 0 Å². The molecular formula is C22H23ClF3N5O6. The zero-order valence-corrected chi connectivity index (χ0v) is 20.7. The minimum absolute atomic E-state index is 0.101. The third kappa shape index (κ3) is 6.50. The van der Waals surface area contributed by atoms with Crippen molar-refractivity contribution in [2.75, 3.05) is 36.4 Å². The Balaban J connectivity index is 1.92. The molecule has 11 nitrogen and oxygen atoms in total. The van der Waals surface area contributed by atoms with E-state index in [4.69, 9.17) is 16.3 Å².